The van der Waals surface area contributed by atoms with Crippen molar-refractivity contribution in [1.29, 1.82) is 0 Å². The molecule has 0 saturated carbocycles. The van der Waals surface area contributed by atoms with Crippen LogP contribution in [0.1, 0.15) is 20.3 Å². The normalized spacial score (nSPS) is 26.5. The summed E-state index contributed by atoms with van der Waals surface area (Å²) in [6.07, 6.45) is 0.379. The van der Waals surface area contributed by atoms with Gasteiger partial charge in [-0.15, -0.1) is 0 Å². The van der Waals surface area contributed by atoms with Gasteiger partial charge in [0.2, 0.25) is 6.10 Å². The topological polar surface area (TPSA) is 44.8 Å². The molecular formula is C14H21N3O2. The Labute approximate surface area is 114 Å². The molecule has 1 aliphatic rings. The number of rotatable bonds is 5. The van der Waals surface area contributed by atoms with Gasteiger partial charge < -0.3 is 4.74 Å². The Balaban J connectivity index is 2.12. The van der Waals surface area contributed by atoms with E-state index in [0.29, 0.717) is 0 Å². The van der Waals surface area contributed by atoms with Crippen LogP contribution in [0, 0.1) is 0 Å². The summed E-state index contributed by atoms with van der Waals surface area (Å²) in [7, 11) is 3.71. The van der Waals surface area contributed by atoms with Gasteiger partial charge in [-0.25, -0.2) is 5.01 Å². The smallest absolute Gasteiger partial charge is 0.282 e. The summed E-state index contributed by atoms with van der Waals surface area (Å²) in [5.74, 6) is 0.687. The minimum Gasteiger partial charge on any atom is -0.478 e. The fourth-order valence-electron chi connectivity index (χ4n) is 2.21. The number of para-hydroxylation sites is 1. The zero-order valence-corrected chi connectivity index (χ0v) is 11.9. The molecule has 0 spiro atoms. The third-order valence-electron chi connectivity index (χ3n) is 3.53. The number of carbonyl (C=O) groups excluding carboxylic acids is 1. The highest BCUT2D eigenvalue weighted by Gasteiger charge is 2.58. The van der Waals surface area contributed by atoms with Gasteiger partial charge in [0.15, 0.2) is 0 Å². The van der Waals surface area contributed by atoms with Gasteiger partial charge in [-0.2, -0.15) is 5.53 Å². The fraction of sp³-hybridized carbons (Fsp3) is 0.500. The third-order valence-corrected chi connectivity index (χ3v) is 3.53. The van der Waals surface area contributed by atoms with E-state index in [1.165, 1.54) is 0 Å². The van der Waals surface area contributed by atoms with Gasteiger partial charge in [0, 0.05) is 14.1 Å². The molecule has 1 fully saturated rings. The Morgan fingerprint density at radius 3 is 2.53 bits per heavy atom. The molecule has 104 valence electrons. The summed E-state index contributed by atoms with van der Waals surface area (Å²) >= 11 is 0. The van der Waals surface area contributed by atoms with Crippen molar-refractivity contribution in [2.45, 2.75) is 31.9 Å². The lowest BCUT2D eigenvalue weighted by Crippen LogP contribution is -2.79. The van der Waals surface area contributed by atoms with E-state index in [2.05, 4.69) is 12.5 Å². The molecule has 1 aromatic rings. The number of carbonyl (C=O) groups is 1. The Hall–Kier alpha value is -1.59. The molecule has 0 unspecified atom stereocenters. The van der Waals surface area contributed by atoms with E-state index in [9.17, 15) is 4.79 Å². The second-order valence-electron chi connectivity index (χ2n) is 5.19. The average molecular weight is 263 g/mol. The van der Waals surface area contributed by atoms with E-state index in [0.717, 1.165) is 12.2 Å². The zero-order chi connectivity index (χ0) is 14.0. The number of nitrogens with zero attached hydrogens (tertiary/aromatic N) is 2. The maximum absolute atomic E-state index is 12.2. The summed E-state index contributed by atoms with van der Waals surface area (Å²) in [6.45, 7) is 4.08. The standard InChI is InChI=1S/C14H21N3O2/c1-5-14(2)12(13(18)17(14)15-16(3)4)19-11-9-7-6-8-10-11/h6-10,12,15H,5H2,1-4H3/t12-,14-/m1/s1. The summed E-state index contributed by atoms with van der Waals surface area (Å²) in [5, 5.41) is 3.39. The lowest BCUT2D eigenvalue weighted by atomic mass is 9.82. The van der Waals surface area contributed by atoms with Crippen molar-refractivity contribution in [2.24, 2.45) is 0 Å². The predicted molar refractivity (Wildman–Crippen MR) is 73.2 cm³/mol. The van der Waals surface area contributed by atoms with Crippen LogP contribution in [0.3, 0.4) is 0 Å². The Morgan fingerprint density at radius 1 is 1.37 bits per heavy atom. The number of nitrogens with one attached hydrogen (secondary N) is 1. The highest BCUT2D eigenvalue weighted by atomic mass is 16.5. The summed E-state index contributed by atoms with van der Waals surface area (Å²) in [6, 6.07) is 9.46. The third kappa shape index (κ3) is 2.43. The Morgan fingerprint density at radius 2 is 2.00 bits per heavy atom. The monoisotopic (exact) mass is 263 g/mol. The van der Waals surface area contributed by atoms with Crippen LogP contribution in [0.4, 0.5) is 0 Å². The van der Waals surface area contributed by atoms with Crippen LogP contribution in [0.15, 0.2) is 30.3 Å². The molecule has 1 aromatic carbocycles. The van der Waals surface area contributed by atoms with Crippen molar-refractivity contribution >= 4 is 5.91 Å². The number of β-lactam (4-membered cyclic amide) rings is 1. The molecular weight excluding hydrogens is 242 g/mol. The molecule has 1 amide bonds. The fourth-order valence-corrected chi connectivity index (χ4v) is 2.21. The van der Waals surface area contributed by atoms with Crippen molar-refractivity contribution in [2.75, 3.05) is 14.1 Å². The lowest BCUT2D eigenvalue weighted by molar-refractivity contribution is -0.199. The van der Waals surface area contributed by atoms with Crippen LogP contribution in [-0.4, -0.2) is 41.7 Å². The van der Waals surface area contributed by atoms with Gasteiger partial charge in [0.05, 0.1) is 0 Å². The van der Waals surface area contributed by atoms with Crippen molar-refractivity contribution in [3.05, 3.63) is 30.3 Å². The molecule has 2 atom stereocenters. The molecule has 0 aliphatic carbocycles. The molecule has 0 bridgehead atoms. The molecule has 1 saturated heterocycles. The first-order valence-corrected chi connectivity index (χ1v) is 6.48. The number of amides is 1. The molecule has 2 rings (SSSR count). The molecule has 1 aliphatic heterocycles. The van der Waals surface area contributed by atoms with Crippen LogP contribution in [0.5, 0.6) is 5.75 Å². The largest absolute Gasteiger partial charge is 0.478 e. The van der Waals surface area contributed by atoms with E-state index >= 15 is 0 Å². The first-order valence-electron chi connectivity index (χ1n) is 6.48. The van der Waals surface area contributed by atoms with Crippen LogP contribution >= 0.6 is 0 Å². The van der Waals surface area contributed by atoms with Crippen LogP contribution in [0.25, 0.3) is 0 Å². The predicted octanol–water partition coefficient (Wildman–Crippen LogP) is 1.43. The second kappa shape index (κ2) is 5.19. The summed E-state index contributed by atoms with van der Waals surface area (Å²) in [5.41, 5.74) is 2.69. The zero-order valence-electron chi connectivity index (χ0n) is 11.9. The van der Waals surface area contributed by atoms with E-state index in [1.807, 2.05) is 51.4 Å². The number of hydrazine groups is 2. The minimum absolute atomic E-state index is 0.0399. The molecule has 5 heteroatoms. The van der Waals surface area contributed by atoms with E-state index in [-0.39, 0.29) is 11.4 Å². The first kappa shape index (κ1) is 13.8. The maximum atomic E-state index is 12.2. The number of benzene rings is 1. The van der Waals surface area contributed by atoms with Crippen LogP contribution in [-0.2, 0) is 4.79 Å². The number of hydrogen-bond donors (Lipinski definition) is 1. The molecule has 0 aromatic heterocycles. The molecule has 5 nitrogen and oxygen atoms in total. The Bertz CT molecular complexity index is 449. The van der Waals surface area contributed by atoms with Gasteiger partial charge in [0.1, 0.15) is 11.3 Å². The van der Waals surface area contributed by atoms with Crippen molar-refractivity contribution in [3.63, 3.8) is 0 Å². The SMILES string of the molecule is CC[C@]1(C)[C@H](Oc2ccccc2)C(=O)N1NN(C)C. The van der Waals surface area contributed by atoms with E-state index in [4.69, 9.17) is 4.74 Å². The van der Waals surface area contributed by atoms with Crippen molar-refractivity contribution in [3.8, 4) is 5.75 Å². The summed E-state index contributed by atoms with van der Waals surface area (Å²) in [4.78, 5) is 12.2. The average Bonchev–Trinajstić information content (AvgIpc) is 2.42. The van der Waals surface area contributed by atoms with Gasteiger partial charge in [-0.1, -0.05) is 25.1 Å². The van der Waals surface area contributed by atoms with E-state index in [1.54, 1.807) is 10.0 Å². The molecule has 1 N–H and O–H groups in total. The van der Waals surface area contributed by atoms with E-state index < -0.39 is 6.10 Å². The van der Waals surface area contributed by atoms with Gasteiger partial charge in [-0.05, 0) is 25.5 Å². The minimum atomic E-state index is -0.438. The summed E-state index contributed by atoms with van der Waals surface area (Å²) < 4.78 is 5.83. The van der Waals surface area contributed by atoms with Gasteiger partial charge >= 0.3 is 0 Å². The first-order chi connectivity index (χ1) is 8.99. The molecule has 19 heavy (non-hydrogen) atoms. The maximum Gasteiger partial charge on any atom is 0.282 e. The van der Waals surface area contributed by atoms with Gasteiger partial charge in [-0.3, -0.25) is 9.80 Å². The molecule has 1 heterocycles. The van der Waals surface area contributed by atoms with Crippen molar-refractivity contribution < 1.29 is 9.53 Å². The van der Waals surface area contributed by atoms with Crippen LogP contribution < -0.4 is 10.3 Å². The highest BCUT2D eigenvalue weighted by Crippen LogP contribution is 2.36. The molecule has 0 radical (unpaired) electrons. The highest BCUT2D eigenvalue weighted by molar-refractivity contribution is 5.90. The van der Waals surface area contributed by atoms with Gasteiger partial charge in [0.25, 0.3) is 5.91 Å². The van der Waals surface area contributed by atoms with Crippen molar-refractivity contribution in [1.82, 2.24) is 15.6 Å². The van der Waals surface area contributed by atoms with Crippen LogP contribution in [0.2, 0.25) is 0 Å². The Kier molecular flexibility index (Phi) is 3.78. The quantitative estimate of drug-likeness (QED) is 0.645. The lowest BCUT2D eigenvalue weighted by Gasteiger charge is -2.54. The number of ether oxygens (including phenoxy) is 1. The second-order valence-corrected chi connectivity index (χ2v) is 5.19. The number of hydrogen-bond acceptors (Lipinski definition) is 4.